The van der Waals surface area contributed by atoms with E-state index in [9.17, 15) is 32.4 Å². The van der Waals surface area contributed by atoms with Crippen molar-refractivity contribution >= 4 is 56.7 Å². The van der Waals surface area contributed by atoms with Gasteiger partial charge >= 0.3 is 0 Å². The number of sulfone groups is 1. The number of nitrogens with two attached hydrogens (primary N) is 1. The second kappa shape index (κ2) is 16.1. The number of aromatic nitrogens is 2. The molecule has 15 nitrogen and oxygen atoms in total. The van der Waals surface area contributed by atoms with Crippen molar-refractivity contribution in [2.45, 2.75) is 87.7 Å². The average molecular weight is 745 g/mol. The SMILES string of the molecule is CS(=O)(=O)c1ccc(Nc2nc(N3CCC[C@@H](NC(=O)CCCCCCc4cccc5c4CN(C4CCC(=O)NC4=O)C5=O)C3)cnc2C(N)=O)cc1. The van der Waals surface area contributed by atoms with Gasteiger partial charge in [-0.3, -0.25) is 29.3 Å². The van der Waals surface area contributed by atoms with Crippen LogP contribution in [0.2, 0.25) is 0 Å². The van der Waals surface area contributed by atoms with Crippen molar-refractivity contribution in [3.05, 3.63) is 71.0 Å². The van der Waals surface area contributed by atoms with E-state index in [0.29, 0.717) is 49.5 Å². The first-order valence-corrected chi connectivity index (χ1v) is 19.8. The van der Waals surface area contributed by atoms with Gasteiger partial charge in [-0.25, -0.2) is 18.4 Å². The molecule has 2 aromatic carbocycles. The van der Waals surface area contributed by atoms with E-state index in [1.165, 1.54) is 18.3 Å². The minimum Gasteiger partial charge on any atom is -0.364 e. The minimum absolute atomic E-state index is 0.0140. The van der Waals surface area contributed by atoms with Gasteiger partial charge in [-0.15, -0.1) is 0 Å². The Balaban J connectivity index is 0.952. The second-order valence-corrected chi connectivity index (χ2v) is 15.8. The van der Waals surface area contributed by atoms with Crippen molar-refractivity contribution in [3.8, 4) is 0 Å². The zero-order valence-corrected chi connectivity index (χ0v) is 30.4. The molecule has 53 heavy (non-hydrogen) atoms. The molecule has 0 saturated carbocycles. The summed E-state index contributed by atoms with van der Waals surface area (Å²) >= 11 is 0. The summed E-state index contributed by atoms with van der Waals surface area (Å²) in [6.07, 6.45) is 9.46. The number of hydrogen-bond acceptors (Lipinski definition) is 11. The molecule has 2 saturated heterocycles. The molecule has 2 fully saturated rings. The largest absolute Gasteiger partial charge is 0.364 e. The molecule has 16 heteroatoms. The maximum absolute atomic E-state index is 13.1. The Hall–Kier alpha value is -5.38. The monoisotopic (exact) mass is 744 g/mol. The molecule has 4 heterocycles. The number of primary amides is 1. The maximum atomic E-state index is 13.1. The number of amides is 5. The molecule has 0 radical (unpaired) electrons. The molecule has 1 aromatic heterocycles. The topological polar surface area (TPSA) is 214 Å². The highest BCUT2D eigenvalue weighted by Gasteiger charge is 2.39. The molecular weight excluding hydrogens is 701 g/mol. The zero-order chi connectivity index (χ0) is 37.7. The molecule has 280 valence electrons. The normalized spacial score (nSPS) is 18.8. The number of piperidine rings is 2. The van der Waals surface area contributed by atoms with Crippen LogP contribution in [0.5, 0.6) is 0 Å². The number of unbranched alkanes of at least 4 members (excludes halogenated alkanes) is 3. The van der Waals surface area contributed by atoms with Gasteiger partial charge in [0.1, 0.15) is 11.9 Å². The molecule has 3 aliphatic heterocycles. The summed E-state index contributed by atoms with van der Waals surface area (Å²) in [7, 11) is -3.37. The molecule has 5 amide bonds. The van der Waals surface area contributed by atoms with Crippen LogP contribution >= 0.6 is 0 Å². The van der Waals surface area contributed by atoms with Gasteiger partial charge in [-0.2, -0.15) is 0 Å². The lowest BCUT2D eigenvalue weighted by Gasteiger charge is -2.34. The molecule has 0 spiro atoms. The van der Waals surface area contributed by atoms with Gasteiger partial charge in [0.2, 0.25) is 17.7 Å². The van der Waals surface area contributed by atoms with E-state index in [1.807, 2.05) is 17.0 Å². The van der Waals surface area contributed by atoms with E-state index in [-0.39, 0.29) is 46.6 Å². The summed E-state index contributed by atoms with van der Waals surface area (Å²) in [4.78, 5) is 74.7. The molecule has 3 aromatic rings. The fraction of sp³-hybridized carbons (Fsp3) is 0.432. The van der Waals surface area contributed by atoms with Crippen LogP contribution in [-0.4, -0.2) is 84.3 Å². The Morgan fingerprint density at radius 3 is 2.53 bits per heavy atom. The van der Waals surface area contributed by atoms with Crippen molar-refractivity contribution in [2.24, 2.45) is 5.73 Å². The number of benzene rings is 2. The number of carbonyl (C=O) groups excluding carboxylic acids is 5. The summed E-state index contributed by atoms with van der Waals surface area (Å²) < 4.78 is 23.7. The zero-order valence-electron chi connectivity index (χ0n) is 29.6. The number of carbonyl (C=O) groups is 5. The molecular formula is C37H44N8O7S. The van der Waals surface area contributed by atoms with Gasteiger partial charge < -0.3 is 26.2 Å². The number of fused-ring (bicyclic) bond motifs is 1. The van der Waals surface area contributed by atoms with Crippen LogP contribution in [-0.2, 0) is 37.2 Å². The summed E-state index contributed by atoms with van der Waals surface area (Å²) in [5.74, 6) is -1.01. The van der Waals surface area contributed by atoms with Gasteiger partial charge in [0.05, 0.1) is 11.1 Å². The quantitative estimate of drug-likeness (QED) is 0.139. The minimum atomic E-state index is -3.37. The summed E-state index contributed by atoms with van der Waals surface area (Å²) in [5, 5.41) is 8.53. The highest BCUT2D eigenvalue weighted by Crippen LogP contribution is 2.31. The van der Waals surface area contributed by atoms with Crippen LogP contribution in [0.1, 0.15) is 89.8 Å². The standard InChI is InChI=1S/C37H44N8O7S/c1-53(51,52)26-15-13-24(14-16-26)41-35-33(34(38)48)39-20-30(42-35)44-19-7-10-25(21-44)40-31(46)12-5-3-2-4-8-23-9-6-11-27-28(23)22-45(37(27)50)29-17-18-32(47)43-36(29)49/h6,9,11,13-16,20,25,29H,2-5,7-8,10,12,17-19,21-22H2,1H3,(H2,38,48)(H,40,46)(H,41,42)(H,43,47,49)/t25-,29?/m1/s1. The maximum Gasteiger partial charge on any atom is 0.271 e. The van der Waals surface area contributed by atoms with E-state index in [4.69, 9.17) is 5.73 Å². The highest BCUT2D eigenvalue weighted by molar-refractivity contribution is 7.90. The van der Waals surface area contributed by atoms with Crippen LogP contribution in [0.4, 0.5) is 17.3 Å². The van der Waals surface area contributed by atoms with E-state index in [1.54, 1.807) is 23.1 Å². The van der Waals surface area contributed by atoms with Crippen molar-refractivity contribution < 1.29 is 32.4 Å². The van der Waals surface area contributed by atoms with Crippen LogP contribution in [0.25, 0.3) is 0 Å². The number of imide groups is 1. The van der Waals surface area contributed by atoms with Crippen molar-refractivity contribution in [2.75, 3.05) is 29.6 Å². The molecule has 0 bridgehead atoms. The molecule has 1 unspecified atom stereocenters. The number of hydrogen-bond donors (Lipinski definition) is 4. The average Bonchev–Trinajstić information content (AvgIpc) is 3.46. The van der Waals surface area contributed by atoms with Crippen LogP contribution < -0.4 is 26.6 Å². The Bertz CT molecular complexity index is 2020. The fourth-order valence-corrected chi connectivity index (χ4v) is 7.79. The number of nitrogens with one attached hydrogen (secondary N) is 3. The van der Waals surface area contributed by atoms with Crippen molar-refractivity contribution in [1.29, 1.82) is 0 Å². The highest BCUT2D eigenvalue weighted by atomic mass is 32.2. The number of rotatable bonds is 14. The lowest BCUT2D eigenvalue weighted by Crippen LogP contribution is -2.52. The smallest absolute Gasteiger partial charge is 0.271 e. The van der Waals surface area contributed by atoms with Crippen molar-refractivity contribution in [3.63, 3.8) is 0 Å². The Morgan fingerprint density at radius 2 is 1.79 bits per heavy atom. The number of anilines is 3. The van der Waals surface area contributed by atoms with E-state index < -0.39 is 27.7 Å². The third-order valence-electron chi connectivity index (χ3n) is 9.93. The second-order valence-electron chi connectivity index (χ2n) is 13.8. The molecule has 5 N–H and O–H groups in total. The predicted molar refractivity (Wildman–Crippen MR) is 196 cm³/mol. The van der Waals surface area contributed by atoms with Gasteiger partial charge in [0.15, 0.2) is 21.3 Å². The lowest BCUT2D eigenvalue weighted by molar-refractivity contribution is -0.137. The fourth-order valence-electron chi connectivity index (χ4n) is 7.16. The molecule has 6 rings (SSSR count). The predicted octanol–water partition coefficient (Wildman–Crippen LogP) is 2.76. The van der Waals surface area contributed by atoms with Gasteiger partial charge in [-0.05, 0) is 80.0 Å². The van der Waals surface area contributed by atoms with Crippen LogP contribution in [0.15, 0.2) is 53.6 Å². The van der Waals surface area contributed by atoms with Gasteiger partial charge in [-0.1, -0.05) is 25.0 Å². The number of aryl methyl sites for hydroxylation is 1. The summed E-state index contributed by atoms with van der Waals surface area (Å²) in [5.41, 5.74) is 8.67. The lowest BCUT2D eigenvalue weighted by atomic mass is 9.98. The Kier molecular flexibility index (Phi) is 11.4. The van der Waals surface area contributed by atoms with E-state index in [0.717, 1.165) is 62.3 Å². The van der Waals surface area contributed by atoms with E-state index >= 15 is 0 Å². The third-order valence-corrected chi connectivity index (χ3v) is 11.1. The Morgan fingerprint density at radius 1 is 1.02 bits per heavy atom. The van der Waals surface area contributed by atoms with Gasteiger partial charge in [0, 0.05) is 56.0 Å². The first-order valence-electron chi connectivity index (χ1n) is 17.9. The van der Waals surface area contributed by atoms with Crippen LogP contribution in [0.3, 0.4) is 0 Å². The van der Waals surface area contributed by atoms with Gasteiger partial charge in [0.25, 0.3) is 11.8 Å². The molecule has 0 aliphatic carbocycles. The Labute approximate surface area is 308 Å². The summed E-state index contributed by atoms with van der Waals surface area (Å²) in [6, 6.07) is 11.0. The third kappa shape index (κ3) is 8.99. The first-order chi connectivity index (χ1) is 25.4. The van der Waals surface area contributed by atoms with Crippen LogP contribution in [0, 0.1) is 0 Å². The molecule has 2 atom stereocenters. The number of nitrogens with zero attached hydrogens (tertiary/aromatic N) is 4. The molecule has 3 aliphatic rings. The summed E-state index contributed by atoms with van der Waals surface area (Å²) in [6.45, 7) is 1.57. The van der Waals surface area contributed by atoms with Crippen molar-refractivity contribution in [1.82, 2.24) is 25.5 Å². The first kappa shape index (κ1) is 37.4. The van der Waals surface area contributed by atoms with E-state index in [2.05, 4.69) is 25.9 Å².